The number of carbonyl (C=O) groups is 1. The topological polar surface area (TPSA) is 47.6 Å². The Labute approximate surface area is 137 Å². The Hall–Kier alpha value is -2.49. The largest absolute Gasteiger partial charge is 0.497 e. The van der Waals surface area contributed by atoms with Crippen molar-refractivity contribution >= 4 is 11.6 Å². The first-order valence-corrected chi connectivity index (χ1v) is 7.76. The van der Waals surface area contributed by atoms with Crippen LogP contribution in [0.25, 0.3) is 0 Å². The van der Waals surface area contributed by atoms with Gasteiger partial charge in [0.25, 0.3) is 0 Å². The fraction of sp³-hybridized carbons (Fsp3) is 0.316. The summed E-state index contributed by atoms with van der Waals surface area (Å²) < 4.78 is 10.5. The second-order valence-corrected chi connectivity index (χ2v) is 5.34. The van der Waals surface area contributed by atoms with Crippen molar-refractivity contribution < 1.29 is 14.3 Å². The first kappa shape index (κ1) is 16.9. The van der Waals surface area contributed by atoms with E-state index in [1.54, 1.807) is 32.4 Å². The van der Waals surface area contributed by atoms with Gasteiger partial charge in [0.05, 0.1) is 20.1 Å². The fourth-order valence-corrected chi connectivity index (χ4v) is 2.53. The van der Waals surface area contributed by atoms with Gasteiger partial charge < -0.3 is 14.8 Å². The van der Waals surface area contributed by atoms with Crippen LogP contribution in [-0.2, 0) is 4.79 Å². The van der Waals surface area contributed by atoms with E-state index in [1.165, 1.54) is 0 Å². The highest BCUT2D eigenvalue weighted by atomic mass is 16.5. The molecule has 1 amide bonds. The van der Waals surface area contributed by atoms with Gasteiger partial charge in [0.15, 0.2) is 0 Å². The summed E-state index contributed by atoms with van der Waals surface area (Å²) in [6, 6.07) is 15.2. The Morgan fingerprint density at radius 3 is 2.17 bits per heavy atom. The monoisotopic (exact) mass is 313 g/mol. The number of nitrogens with one attached hydrogen (secondary N) is 1. The number of ether oxygens (including phenoxy) is 2. The van der Waals surface area contributed by atoms with Crippen LogP contribution in [-0.4, -0.2) is 20.1 Å². The van der Waals surface area contributed by atoms with Gasteiger partial charge in [-0.1, -0.05) is 43.7 Å². The third-order valence-corrected chi connectivity index (χ3v) is 3.71. The highest BCUT2D eigenvalue weighted by Gasteiger charge is 2.20. The number of carbonyl (C=O) groups excluding carboxylic acids is 1. The Morgan fingerprint density at radius 1 is 1.04 bits per heavy atom. The van der Waals surface area contributed by atoms with Crippen molar-refractivity contribution in [3.8, 4) is 11.5 Å². The zero-order chi connectivity index (χ0) is 16.7. The summed E-state index contributed by atoms with van der Waals surface area (Å²) in [6.07, 6.45) is 1.74. The molecule has 2 rings (SSSR count). The molecule has 122 valence electrons. The lowest BCUT2D eigenvalue weighted by Crippen LogP contribution is -2.21. The molecule has 0 radical (unpaired) electrons. The minimum Gasteiger partial charge on any atom is -0.497 e. The molecule has 0 heterocycles. The van der Waals surface area contributed by atoms with Crippen LogP contribution in [0.15, 0.2) is 48.5 Å². The molecule has 0 aliphatic rings. The van der Waals surface area contributed by atoms with Crippen molar-refractivity contribution in [2.45, 2.75) is 25.7 Å². The molecule has 0 aliphatic carbocycles. The minimum atomic E-state index is -0.168. The maximum absolute atomic E-state index is 12.7. The summed E-state index contributed by atoms with van der Waals surface area (Å²) >= 11 is 0. The van der Waals surface area contributed by atoms with Crippen molar-refractivity contribution in [3.05, 3.63) is 54.1 Å². The van der Waals surface area contributed by atoms with Crippen molar-refractivity contribution in [1.82, 2.24) is 0 Å². The SMILES string of the molecule is CCCC(C(=O)Nc1cc(OC)cc(OC)c1)c1ccccc1. The van der Waals surface area contributed by atoms with Crippen LogP contribution in [0.4, 0.5) is 5.69 Å². The van der Waals surface area contributed by atoms with Gasteiger partial charge in [-0.25, -0.2) is 0 Å². The molecule has 4 heteroatoms. The fourth-order valence-electron chi connectivity index (χ4n) is 2.53. The third-order valence-electron chi connectivity index (χ3n) is 3.71. The molecule has 0 fully saturated rings. The average molecular weight is 313 g/mol. The van der Waals surface area contributed by atoms with Gasteiger partial charge in [0, 0.05) is 23.9 Å². The van der Waals surface area contributed by atoms with Crippen LogP contribution in [0.5, 0.6) is 11.5 Å². The molecule has 0 spiro atoms. The predicted octanol–water partition coefficient (Wildman–Crippen LogP) is 4.23. The normalized spacial score (nSPS) is 11.6. The number of amides is 1. The van der Waals surface area contributed by atoms with Gasteiger partial charge in [-0.15, -0.1) is 0 Å². The lowest BCUT2D eigenvalue weighted by Gasteiger charge is -2.17. The molecule has 2 aromatic carbocycles. The molecular weight excluding hydrogens is 290 g/mol. The Morgan fingerprint density at radius 2 is 1.65 bits per heavy atom. The van der Waals surface area contributed by atoms with Crippen LogP contribution < -0.4 is 14.8 Å². The molecule has 1 unspecified atom stereocenters. The predicted molar refractivity (Wildman–Crippen MR) is 92.3 cm³/mol. The zero-order valence-electron chi connectivity index (χ0n) is 13.8. The van der Waals surface area contributed by atoms with Crippen LogP contribution in [0.2, 0.25) is 0 Å². The van der Waals surface area contributed by atoms with E-state index in [9.17, 15) is 4.79 Å². The molecule has 1 N–H and O–H groups in total. The lowest BCUT2D eigenvalue weighted by molar-refractivity contribution is -0.117. The minimum absolute atomic E-state index is 0.0200. The highest BCUT2D eigenvalue weighted by molar-refractivity contribution is 5.96. The number of methoxy groups -OCH3 is 2. The number of hydrogen-bond acceptors (Lipinski definition) is 3. The molecule has 0 aromatic heterocycles. The molecule has 0 saturated carbocycles. The molecule has 0 aliphatic heterocycles. The van der Waals surface area contributed by atoms with E-state index in [4.69, 9.17) is 9.47 Å². The van der Waals surface area contributed by atoms with Gasteiger partial charge in [-0.05, 0) is 12.0 Å². The number of hydrogen-bond donors (Lipinski definition) is 1. The second-order valence-electron chi connectivity index (χ2n) is 5.34. The van der Waals surface area contributed by atoms with Crippen LogP contribution in [0.3, 0.4) is 0 Å². The van der Waals surface area contributed by atoms with E-state index >= 15 is 0 Å². The van der Waals surface area contributed by atoms with Crippen LogP contribution in [0, 0.1) is 0 Å². The highest BCUT2D eigenvalue weighted by Crippen LogP contribution is 2.28. The van der Waals surface area contributed by atoms with E-state index in [0.29, 0.717) is 17.2 Å². The average Bonchev–Trinajstić information content (AvgIpc) is 2.59. The van der Waals surface area contributed by atoms with Crippen LogP contribution >= 0.6 is 0 Å². The van der Waals surface area contributed by atoms with Crippen molar-refractivity contribution in [3.63, 3.8) is 0 Å². The van der Waals surface area contributed by atoms with Gasteiger partial charge in [-0.2, -0.15) is 0 Å². The lowest BCUT2D eigenvalue weighted by atomic mass is 9.93. The van der Waals surface area contributed by atoms with E-state index in [-0.39, 0.29) is 11.8 Å². The quantitative estimate of drug-likeness (QED) is 0.832. The molecule has 4 nitrogen and oxygen atoms in total. The van der Waals surface area contributed by atoms with Gasteiger partial charge in [0.1, 0.15) is 11.5 Å². The first-order valence-electron chi connectivity index (χ1n) is 7.76. The molecule has 23 heavy (non-hydrogen) atoms. The van der Waals surface area contributed by atoms with E-state index < -0.39 is 0 Å². The molecule has 2 aromatic rings. The maximum atomic E-state index is 12.7. The summed E-state index contributed by atoms with van der Waals surface area (Å²) in [4.78, 5) is 12.7. The van der Waals surface area contributed by atoms with E-state index in [2.05, 4.69) is 12.2 Å². The first-order chi connectivity index (χ1) is 11.2. The number of rotatable bonds is 7. The van der Waals surface area contributed by atoms with E-state index in [1.807, 2.05) is 30.3 Å². The number of anilines is 1. The maximum Gasteiger partial charge on any atom is 0.231 e. The molecule has 1 atom stereocenters. The molecule has 0 bridgehead atoms. The van der Waals surface area contributed by atoms with Crippen molar-refractivity contribution in [2.75, 3.05) is 19.5 Å². The summed E-state index contributed by atoms with van der Waals surface area (Å²) in [5.74, 6) is 1.10. The molecule has 0 saturated heterocycles. The van der Waals surface area contributed by atoms with Crippen molar-refractivity contribution in [2.24, 2.45) is 0 Å². The number of benzene rings is 2. The van der Waals surface area contributed by atoms with Crippen LogP contribution in [0.1, 0.15) is 31.2 Å². The summed E-state index contributed by atoms with van der Waals surface area (Å²) in [5.41, 5.74) is 1.70. The summed E-state index contributed by atoms with van der Waals surface area (Å²) in [7, 11) is 3.18. The summed E-state index contributed by atoms with van der Waals surface area (Å²) in [6.45, 7) is 2.08. The van der Waals surface area contributed by atoms with Gasteiger partial charge in [0.2, 0.25) is 5.91 Å². The third kappa shape index (κ3) is 4.49. The standard InChI is InChI=1S/C19H23NO3/c1-4-8-18(14-9-6-5-7-10-14)19(21)20-15-11-16(22-2)13-17(12-15)23-3/h5-7,9-13,18H,4,8H2,1-3H3,(H,20,21). The van der Waals surface area contributed by atoms with Gasteiger partial charge in [-0.3, -0.25) is 4.79 Å². The Balaban J connectivity index is 2.21. The molecular formula is C19H23NO3. The van der Waals surface area contributed by atoms with Gasteiger partial charge >= 0.3 is 0 Å². The van der Waals surface area contributed by atoms with Crippen molar-refractivity contribution in [1.29, 1.82) is 0 Å². The second kappa shape index (κ2) is 8.22. The Bertz CT molecular complexity index is 618. The smallest absolute Gasteiger partial charge is 0.231 e. The summed E-state index contributed by atoms with van der Waals surface area (Å²) in [5, 5.41) is 2.98. The zero-order valence-corrected chi connectivity index (χ0v) is 13.8. The van der Waals surface area contributed by atoms with E-state index in [0.717, 1.165) is 18.4 Å². The Kier molecular flexibility index (Phi) is 6.03.